The molecule has 2 aromatic rings. The third-order valence-electron chi connectivity index (χ3n) is 2.89. The zero-order chi connectivity index (χ0) is 17.7. The van der Waals surface area contributed by atoms with Crippen molar-refractivity contribution >= 4 is 16.5 Å². The van der Waals surface area contributed by atoms with Crippen LogP contribution in [-0.2, 0) is 21.8 Å². The maximum Gasteiger partial charge on any atom is 0.488 e. The van der Waals surface area contributed by atoms with E-state index in [0.717, 1.165) is 6.07 Å². The molecular formula is C15H12F2O6S. The molecule has 0 spiro atoms. The lowest BCUT2D eigenvalue weighted by atomic mass is 10.1. The molecule has 6 nitrogen and oxygen atoms in total. The highest BCUT2D eigenvalue weighted by Crippen LogP contribution is 2.21. The Bertz CT molecular complexity index is 834. The smallest absolute Gasteiger partial charge is 0.488 e. The molecule has 0 bridgehead atoms. The summed E-state index contributed by atoms with van der Waals surface area (Å²) in [6.07, 6.45) is 0. The van der Waals surface area contributed by atoms with Crippen LogP contribution in [0.1, 0.15) is 15.9 Å². The molecular weight excluding hydrogens is 346 g/mol. The summed E-state index contributed by atoms with van der Waals surface area (Å²) in [7, 11) is -3.90. The maximum absolute atomic E-state index is 13.9. The molecule has 9 heteroatoms. The first kappa shape index (κ1) is 17.7. The molecule has 2 rings (SSSR count). The van der Waals surface area contributed by atoms with Crippen LogP contribution < -0.4 is 8.92 Å². The van der Waals surface area contributed by atoms with Crippen molar-refractivity contribution in [2.75, 3.05) is 7.11 Å². The topological polar surface area (TPSA) is 78.9 Å². The molecule has 0 aliphatic carbocycles. The Morgan fingerprint density at radius 2 is 1.71 bits per heavy atom. The van der Waals surface area contributed by atoms with Gasteiger partial charge in [-0.3, -0.25) is 0 Å². The minimum atomic E-state index is -5.09. The first-order valence-corrected chi connectivity index (χ1v) is 7.83. The van der Waals surface area contributed by atoms with E-state index in [4.69, 9.17) is 4.74 Å². The fourth-order valence-corrected chi connectivity index (χ4v) is 2.12. The van der Waals surface area contributed by atoms with Crippen LogP contribution >= 0.6 is 0 Å². The highest BCUT2D eigenvalue weighted by molar-refractivity contribution is 7.81. The van der Waals surface area contributed by atoms with Crippen LogP contribution in [0.3, 0.4) is 0 Å². The van der Waals surface area contributed by atoms with Crippen LogP contribution in [0.25, 0.3) is 0 Å². The van der Waals surface area contributed by atoms with Gasteiger partial charge in [-0.15, -0.1) is 0 Å². The number of esters is 1. The molecule has 0 unspecified atom stereocenters. The van der Waals surface area contributed by atoms with Gasteiger partial charge in [-0.05, 0) is 36.4 Å². The van der Waals surface area contributed by atoms with Gasteiger partial charge in [0.1, 0.15) is 23.9 Å². The maximum atomic E-state index is 13.9. The standard InChI is InChI=1S/C15H12F2O6S/c1-21-15(18)10-2-3-11(14(16)8-10)9-22-12-4-6-13(7-5-12)23-24(17,19)20/h2-8H,9H2,1H3. The molecule has 0 radical (unpaired) electrons. The Morgan fingerprint density at radius 1 is 1.08 bits per heavy atom. The van der Waals surface area contributed by atoms with Gasteiger partial charge in [-0.25, -0.2) is 9.18 Å². The average molecular weight is 358 g/mol. The number of hydrogen-bond acceptors (Lipinski definition) is 6. The number of rotatable bonds is 6. The quantitative estimate of drug-likeness (QED) is 0.584. The van der Waals surface area contributed by atoms with E-state index in [2.05, 4.69) is 8.92 Å². The summed E-state index contributed by atoms with van der Waals surface area (Å²) in [5, 5.41) is 0. The Morgan fingerprint density at radius 3 is 2.25 bits per heavy atom. The lowest BCUT2D eigenvalue weighted by Crippen LogP contribution is -2.04. The fourth-order valence-electron chi connectivity index (χ4n) is 1.78. The Labute approximate surface area is 137 Å². The zero-order valence-electron chi connectivity index (χ0n) is 12.4. The number of methoxy groups -OCH3 is 1. The minimum Gasteiger partial charge on any atom is -0.489 e. The molecule has 0 saturated heterocycles. The van der Waals surface area contributed by atoms with Crippen molar-refractivity contribution in [3.63, 3.8) is 0 Å². The molecule has 0 aliphatic heterocycles. The second kappa shape index (κ2) is 7.26. The first-order chi connectivity index (χ1) is 11.3. The van der Waals surface area contributed by atoms with Crippen LogP contribution in [0.5, 0.6) is 11.5 Å². The first-order valence-electron chi connectivity index (χ1n) is 6.52. The summed E-state index contributed by atoms with van der Waals surface area (Å²) in [6, 6.07) is 8.85. The van der Waals surface area contributed by atoms with E-state index in [1.165, 1.54) is 43.5 Å². The predicted octanol–water partition coefficient (Wildman–Crippen LogP) is 2.78. The van der Waals surface area contributed by atoms with Crippen LogP contribution in [-0.4, -0.2) is 21.5 Å². The van der Waals surface area contributed by atoms with Crippen molar-refractivity contribution in [3.05, 3.63) is 59.4 Å². The SMILES string of the molecule is COC(=O)c1ccc(COc2ccc(OS(=O)(=O)F)cc2)c(F)c1. The molecule has 0 N–H and O–H groups in total. The van der Waals surface area contributed by atoms with Crippen molar-refractivity contribution < 1.29 is 35.1 Å². The summed E-state index contributed by atoms with van der Waals surface area (Å²) in [4.78, 5) is 11.3. The molecule has 0 fully saturated rings. The lowest BCUT2D eigenvalue weighted by Gasteiger charge is -2.09. The monoisotopic (exact) mass is 358 g/mol. The molecule has 24 heavy (non-hydrogen) atoms. The number of hydrogen-bond donors (Lipinski definition) is 0. The van der Waals surface area contributed by atoms with Gasteiger partial charge >= 0.3 is 16.5 Å². The van der Waals surface area contributed by atoms with Crippen LogP contribution in [0.2, 0.25) is 0 Å². The van der Waals surface area contributed by atoms with Crippen molar-refractivity contribution in [1.29, 1.82) is 0 Å². The van der Waals surface area contributed by atoms with Gasteiger partial charge in [0, 0.05) is 5.56 Å². The minimum absolute atomic E-state index is 0.0766. The van der Waals surface area contributed by atoms with Crippen molar-refractivity contribution in [1.82, 2.24) is 0 Å². The van der Waals surface area contributed by atoms with E-state index in [0.29, 0.717) is 0 Å². The molecule has 0 amide bonds. The van der Waals surface area contributed by atoms with E-state index in [1.807, 2.05) is 0 Å². The summed E-state index contributed by atoms with van der Waals surface area (Å²) in [5.74, 6) is -1.23. The van der Waals surface area contributed by atoms with E-state index in [9.17, 15) is 21.5 Å². The number of carbonyl (C=O) groups excluding carboxylic acids is 1. The van der Waals surface area contributed by atoms with Gasteiger partial charge in [0.2, 0.25) is 0 Å². The molecule has 0 heterocycles. The average Bonchev–Trinajstić information content (AvgIpc) is 2.53. The number of benzene rings is 2. The zero-order valence-corrected chi connectivity index (χ0v) is 13.2. The number of ether oxygens (including phenoxy) is 2. The van der Waals surface area contributed by atoms with Gasteiger partial charge in [-0.1, -0.05) is 9.95 Å². The van der Waals surface area contributed by atoms with Crippen LogP contribution in [0.4, 0.5) is 8.28 Å². The van der Waals surface area contributed by atoms with E-state index < -0.39 is 22.3 Å². The van der Waals surface area contributed by atoms with Gasteiger partial charge < -0.3 is 13.7 Å². The molecule has 0 aliphatic rings. The van der Waals surface area contributed by atoms with Crippen LogP contribution in [0, 0.1) is 5.82 Å². The summed E-state index contributed by atoms with van der Waals surface area (Å²) in [5.41, 5.74) is 0.280. The fraction of sp³-hybridized carbons (Fsp3) is 0.133. The van der Waals surface area contributed by atoms with Crippen molar-refractivity contribution in [3.8, 4) is 11.5 Å². The molecule has 0 aromatic heterocycles. The van der Waals surface area contributed by atoms with E-state index in [-0.39, 0.29) is 29.2 Å². The van der Waals surface area contributed by atoms with E-state index in [1.54, 1.807) is 0 Å². The molecule has 0 saturated carbocycles. The summed E-state index contributed by atoms with van der Waals surface area (Å²) >= 11 is 0. The third-order valence-corrected chi connectivity index (χ3v) is 3.28. The van der Waals surface area contributed by atoms with Gasteiger partial charge in [0.05, 0.1) is 12.7 Å². The third kappa shape index (κ3) is 4.92. The summed E-state index contributed by atoms with van der Waals surface area (Å²) < 4.78 is 60.8. The Kier molecular flexibility index (Phi) is 5.35. The van der Waals surface area contributed by atoms with E-state index >= 15 is 0 Å². The van der Waals surface area contributed by atoms with Gasteiger partial charge in [-0.2, -0.15) is 8.42 Å². The molecule has 2 aromatic carbocycles. The summed E-state index contributed by atoms with van der Waals surface area (Å²) in [6.45, 7) is -0.130. The van der Waals surface area contributed by atoms with Crippen molar-refractivity contribution in [2.24, 2.45) is 0 Å². The molecule has 0 atom stereocenters. The highest BCUT2D eigenvalue weighted by atomic mass is 32.3. The second-order valence-corrected chi connectivity index (χ2v) is 5.49. The Hall–Kier alpha value is -2.68. The van der Waals surface area contributed by atoms with Gasteiger partial charge in [0.25, 0.3) is 0 Å². The van der Waals surface area contributed by atoms with Crippen molar-refractivity contribution in [2.45, 2.75) is 6.61 Å². The second-order valence-electron chi connectivity index (χ2n) is 4.53. The Balaban J connectivity index is 2.02. The lowest BCUT2D eigenvalue weighted by molar-refractivity contribution is 0.0600. The molecule has 128 valence electrons. The van der Waals surface area contributed by atoms with Crippen LogP contribution in [0.15, 0.2) is 42.5 Å². The predicted molar refractivity (Wildman–Crippen MR) is 79.2 cm³/mol. The number of carbonyl (C=O) groups is 1. The van der Waals surface area contributed by atoms with Gasteiger partial charge in [0.15, 0.2) is 0 Å². The normalized spacial score (nSPS) is 11.0. The number of halogens is 2. The highest BCUT2D eigenvalue weighted by Gasteiger charge is 2.11. The largest absolute Gasteiger partial charge is 0.489 e.